The Morgan fingerprint density at radius 3 is 2.55 bits per heavy atom. The van der Waals surface area contributed by atoms with E-state index in [1.165, 1.54) is 26.1 Å². The highest BCUT2D eigenvalue weighted by Gasteiger charge is 2.39. The lowest BCUT2D eigenvalue weighted by molar-refractivity contribution is 0.185. The summed E-state index contributed by atoms with van der Waals surface area (Å²) in [5.41, 5.74) is 0. The van der Waals surface area contributed by atoms with Crippen LogP contribution in [0.2, 0.25) is 0 Å². The van der Waals surface area contributed by atoms with Crippen LogP contribution in [0.25, 0.3) is 0 Å². The lowest BCUT2D eigenvalue weighted by Gasteiger charge is -2.29. The van der Waals surface area contributed by atoms with Crippen LogP contribution in [0.4, 0.5) is 0 Å². The van der Waals surface area contributed by atoms with Crippen molar-refractivity contribution in [2.24, 2.45) is 17.8 Å². The second-order valence-corrected chi connectivity index (χ2v) is 4.75. The maximum atomic E-state index is 2.69. The molecule has 1 aliphatic carbocycles. The molecule has 0 N–H and O–H groups in total. The van der Waals surface area contributed by atoms with E-state index in [0.29, 0.717) is 0 Å². The van der Waals surface area contributed by atoms with Gasteiger partial charge in [-0.05, 0) is 50.0 Å². The molecule has 1 heteroatoms. The molecular weight excluding hydrogens is 134 g/mol. The summed E-state index contributed by atoms with van der Waals surface area (Å²) < 4.78 is 0. The summed E-state index contributed by atoms with van der Waals surface area (Å²) in [6, 6.07) is 0. The number of hydrogen-bond donors (Lipinski definition) is 0. The largest absolute Gasteiger partial charge is 0.303 e. The Hall–Kier alpha value is -0.0400. The molecule has 3 atom stereocenters. The molecule has 3 unspecified atom stereocenters. The van der Waals surface area contributed by atoms with Gasteiger partial charge < -0.3 is 4.90 Å². The maximum Gasteiger partial charge on any atom is 0.00125 e. The molecule has 2 aliphatic heterocycles. The van der Waals surface area contributed by atoms with Crippen molar-refractivity contribution in [2.75, 3.05) is 19.6 Å². The van der Waals surface area contributed by atoms with E-state index in [1.54, 1.807) is 19.3 Å². The van der Waals surface area contributed by atoms with Crippen LogP contribution in [0.5, 0.6) is 0 Å². The van der Waals surface area contributed by atoms with Gasteiger partial charge in [-0.25, -0.2) is 0 Å². The van der Waals surface area contributed by atoms with E-state index < -0.39 is 0 Å². The van der Waals surface area contributed by atoms with Crippen LogP contribution >= 0.6 is 0 Å². The van der Waals surface area contributed by atoms with Gasteiger partial charge in [0.05, 0.1) is 0 Å². The van der Waals surface area contributed by atoms with Crippen LogP contribution in [-0.4, -0.2) is 24.5 Å². The number of piperidine rings is 1. The Morgan fingerprint density at radius 2 is 1.82 bits per heavy atom. The van der Waals surface area contributed by atoms with E-state index >= 15 is 0 Å². The van der Waals surface area contributed by atoms with Crippen molar-refractivity contribution < 1.29 is 0 Å². The van der Waals surface area contributed by atoms with E-state index in [1.807, 2.05) is 0 Å². The fraction of sp³-hybridized carbons (Fsp3) is 1.00. The van der Waals surface area contributed by atoms with E-state index in [-0.39, 0.29) is 0 Å². The molecule has 3 aliphatic rings. The highest BCUT2D eigenvalue weighted by Crippen LogP contribution is 2.44. The molecule has 62 valence electrons. The van der Waals surface area contributed by atoms with Crippen molar-refractivity contribution in [3.8, 4) is 0 Å². The van der Waals surface area contributed by atoms with Gasteiger partial charge in [0, 0.05) is 13.1 Å². The molecule has 1 saturated carbocycles. The number of rotatable bonds is 1. The van der Waals surface area contributed by atoms with Gasteiger partial charge in [0.15, 0.2) is 0 Å². The second-order valence-electron chi connectivity index (χ2n) is 4.75. The number of fused-ring (bicyclic) bond motifs is 2. The van der Waals surface area contributed by atoms with Crippen LogP contribution in [0.1, 0.15) is 25.7 Å². The van der Waals surface area contributed by atoms with E-state index in [0.717, 1.165) is 17.8 Å². The Morgan fingerprint density at radius 1 is 0.909 bits per heavy atom. The fourth-order valence-corrected chi connectivity index (χ4v) is 3.01. The van der Waals surface area contributed by atoms with E-state index in [2.05, 4.69) is 4.90 Å². The van der Waals surface area contributed by atoms with Crippen LogP contribution in [0.3, 0.4) is 0 Å². The maximum absolute atomic E-state index is 2.69. The zero-order valence-corrected chi connectivity index (χ0v) is 7.13. The van der Waals surface area contributed by atoms with Gasteiger partial charge in [-0.1, -0.05) is 0 Å². The highest BCUT2D eigenvalue weighted by atomic mass is 15.2. The van der Waals surface area contributed by atoms with Crippen molar-refractivity contribution >= 4 is 0 Å². The molecule has 0 spiro atoms. The molecule has 0 aromatic rings. The molecule has 1 nitrogen and oxygen atoms in total. The van der Waals surface area contributed by atoms with Gasteiger partial charge in [-0.15, -0.1) is 0 Å². The quantitative estimate of drug-likeness (QED) is 0.552. The molecule has 2 bridgehead atoms. The molecule has 3 fully saturated rings. The third kappa shape index (κ3) is 1.10. The molecule has 2 saturated heterocycles. The monoisotopic (exact) mass is 151 g/mol. The zero-order valence-electron chi connectivity index (χ0n) is 7.13. The Bertz CT molecular complexity index is 150. The first kappa shape index (κ1) is 6.47. The number of nitrogens with zero attached hydrogens (tertiary/aromatic N) is 1. The first-order valence-electron chi connectivity index (χ1n) is 5.14. The summed E-state index contributed by atoms with van der Waals surface area (Å²) in [5, 5.41) is 0. The van der Waals surface area contributed by atoms with Crippen LogP contribution < -0.4 is 0 Å². The Kier molecular flexibility index (Phi) is 1.31. The van der Waals surface area contributed by atoms with Crippen LogP contribution in [0, 0.1) is 17.8 Å². The van der Waals surface area contributed by atoms with Gasteiger partial charge in [0.25, 0.3) is 0 Å². The van der Waals surface area contributed by atoms with Crippen LogP contribution in [0.15, 0.2) is 0 Å². The standard InChI is InChI=1S/C10H17N/c1-2-9(1)10-5-8-3-4-11(6-8)7-10/h8-10H,1-7H2. The zero-order chi connectivity index (χ0) is 7.26. The van der Waals surface area contributed by atoms with E-state index in [9.17, 15) is 0 Å². The van der Waals surface area contributed by atoms with Crippen molar-refractivity contribution in [1.29, 1.82) is 0 Å². The average Bonchev–Trinajstić information content (AvgIpc) is 2.79. The first-order chi connectivity index (χ1) is 5.42. The average molecular weight is 151 g/mol. The Balaban J connectivity index is 1.70. The molecule has 0 aromatic heterocycles. The van der Waals surface area contributed by atoms with Crippen molar-refractivity contribution in [3.63, 3.8) is 0 Å². The van der Waals surface area contributed by atoms with Crippen molar-refractivity contribution in [3.05, 3.63) is 0 Å². The Labute approximate surface area is 68.8 Å². The topological polar surface area (TPSA) is 3.24 Å². The van der Waals surface area contributed by atoms with E-state index in [4.69, 9.17) is 0 Å². The van der Waals surface area contributed by atoms with Gasteiger partial charge in [0.2, 0.25) is 0 Å². The molecular formula is C10H17N. The summed E-state index contributed by atoms with van der Waals surface area (Å²) in [6.07, 6.45) is 6.17. The molecule has 0 amide bonds. The van der Waals surface area contributed by atoms with Crippen LogP contribution in [-0.2, 0) is 0 Å². The smallest absolute Gasteiger partial charge is 0.00125 e. The minimum absolute atomic E-state index is 1.09. The minimum atomic E-state index is 1.09. The van der Waals surface area contributed by atoms with Gasteiger partial charge in [0.1, 0.15) is 0 Å². The normalized spacial score (nSPS) is 49.6. The molecule has 2 heterocycles. The fourth-order valence-electron chi connectivity index (χ4n) is 3.01. The molecule has 3 rings (SSSR count). The third-order valence-corrected chi connectivity index (χ3v) is 3.79. The summed E-state index contributed by atoms with van der Waals surface area (Å²) in [5.74, 6) is 3.35. The molecule has 11 heavy (non-hydrogen) atoms. The second kappa shape index (κ2) is 2.22. The number of hydrogen-bond acceptors (Lipinski definition) is 1. The lowest BCUT2D eigenvalue weighted by atomic mass is 9.88. The summed E-state index contributed by atoms with van der Waals surface area (Å²) in [7, 11) is 0. The first-order valence-corrected chi connectivity index (χ1v) is 5.14. The molecule has 0 aromatic carbocycles. The minimum Gasteiger partial charge on any atom is -0.303 e. The van der Waals surface area contributed by atoms with Gasteiger partial charge in [-0.2, -0.15) is 0 Å². The lowest BCUT2D eigenvalue weighted by Crippen LogP contribution is -2.33. The third-order valence-electron chi connectivity index (χ3n) is 3.79. The van der Waals surface area contributed by atoms with Crippen molar-refractivity contribution in [2.45, 2.75) is 25.7 Å². The SMILES string of the molecule is C1CN2CC1CC(C1CC1)C2. The van der Waals surface area contributed by atoms with Gasteiger partial charge in [-0.3, -0.25) is 0 Å². The predicted molar refractivity (Wildman–Crippen MR) is 45.4 cm³/mol. The van der Waals surface area contributed by atoms with Gasteiger partial charge >= 0.3 is 0 Å². The van der Waals surface area contributed by atoms with Crippen molar-refractivity contribution in [1.82, 2.24) is 4.90 Å². The summed E-state index contributed by atoms with van der Waals surface area (Å²) in [4.78, 5) is 2.69. The summed E-state index contributed by atoms with van der Waals surface area (Å²) in [6.45, 7) is 4.29. The summed E-state index contributed by atoms with van der Waals surface area (Å²) >= 11 is 0. The molecule has 0 radical (unpaired) electrons. The predicted octanol–water partition coefficient (Wildman–Crippen LogP) is 1.74. The highest BCUT2D eigenvalue weighted by molar-refractivity contribution is 4.92.